The summed E-state index contributed by atoms with van der Waals surface area (Å²) in [6, 6.07) is 41.5. The van der Waals surface area contributed by atoms with Crippen molar-refractivity contribution in [1.29, 1.82) is 0 Å². The Bertz CT molecular complexity index is 1690. The van der Waals surface area contributed by atoms with E-state index in [2.05, 4.69) is 90.2 Å². The minimum Gasteiger partial charge on any atom is -0.489 e. The molecule has 190 valence electrons. The standard InChI is InChI=1S/C36H29NO2/c38-33-22-28(25-11-5-2-6-12-25)21-31-34-30-14-8-7-13-26(30)17-20-32(34)37-36(35(31)33)27-15-18-29(19-16-27)39-23-24-9-3-1-4-10-24/h1-20,28,36-37H,21-23H2. The molecule has 2 atom stereocenters. The number of hydrogen-bond donors (Lipinski definition) is 1. The van der Waals surface area contributed by atoms with Gasteiger partial charge >= 0.3 is 0 Å². The van der Waals surface area contributed by atoms with Gasteiger partial charge in [0.2, 0.25) is 0 Å². The van der Waals surface area contributed by atoms with Gasteiger partial charge in [0.1, 0.15) is 12.4 Å². The summed E-state index contributed by atoms with van der Waals surface area (Å²) < 4.78 is 6.03. The normalized spacial score (nSPS) is 18.3. The van der Waals surface area contributed by atoms with Crippen molar-refractivity contribution in [2.45, 2.75) is 31.4 Å². The highest BCUT2D eigenvalue weighted by Gasteiger charge is 2.38. The summed E-state index contributed by atoms with van der Waals surface area (Å²) in [5.74, 6) is 1.22. The molecule has 0 spiro atoms. The van der Waals surface area contributed by atoms with Gasteiger partial charge in [0.05, 0.1) is 6.04 Å². The summed E-state index contributed by atoms with van der Waals surface area (Å²) in [7, 11) is 0. The van der Waals surface area contributed by atoms with Crippen molar-refractivity contribution in [2.24, 2.45) is 0 Å². The summed E-state index contributed by atoms with van der Waals surface area (Å²) >= 11 is 0. The number of allylic oxidation sites excluding steroid dienone is 1. The van der Waals surface area contributed by atoms with Gasteiger partial charge in [-0.05, 0) is 63.6 Å². The van der Waals surface area contributed by atoms with E-state index in [4.69, 9.17) is 4.74 Å². The van der Waals surface area contributed by atoms with Crippen molar-refractivity contribution in [1.82, 2.24) is 0 Å². The number of rotatable bonds is 5. The Morgan fingerprint density at radius 2 is 1.41 bits per heavy atom. The Labute approximate surface area is 228 Å². The molecule has 39 heavy (non-hydrogen) atoms. The van der Waals surface area contributed by atoms with Gasteiger partial charge in [-0.25, -0.2) is 0 Å². The third kappa shape index (κ3) is 4.40. The molecule has 7 rings (SSSR count). The largest absolute Gasteiger partial charge is 0.489 e. The molecule has 5 aromatic carbocycles. The first kappa shape index (κ1) is 23.5. The monoisotopic (exact) mass is 507 g/mol. The zero-order valence-electron chi connectivity index (χ0n) is 21.6. The van der Waals surface area contributed by atoms with Crippen molar-refractivity contribution in [3.63, 3.8) is 0 Å². The second-order valence-electron chi connectivity index (χ2n) is 10.5. The van der Waals surface area contributed by atoms with Gasteiger partial charge in [0.15, 0.2) is 5.78 Å². The zero-order valence-corrected chi connectivity index (χ0v) is 21.6. The highest BCUT2D eigenvalue weighted by atomic mass is 16.5. The Morgan fingerprint density at radius 1 is 0.692 bits per heavy atom. The van der Waals surface area contributed by atoms with Crippen LogP contribution in [0, 0.1) is 0 Å². The van der Waals surface area contributed by atoms with E-state index in [0.29, 0.717) is 13.0 Å². The fraction of sp³-hybridized carbons (Fsp3) is 0.139. The quantitative estimate of drug-likeness (QED) is 0.259. The number of ketones is 1. The van der Waals surface area contributed by atoms with Gasteiger partial charge in [-0.2, -0.15) is 0 Å². The number of carbonyl (C=O) groups is 1. The molecular formula is C36H29NO2. The number of nitrogens with one attached hydrogen (secondary N) is 1. The van der Waals surface area contributed by atoms with Crippen LogP contribution in [-0.2, 0) is 11.4 Å². The highest BCUT2D eigenvalue weighted by Crippen LogP contribution is 2.51. The molecular weight excluding hydrogens is 478 g/mol. The lowest BCUT2D eigenvalue weighted by Crippen LogP contribution is -2.29. The number of anilines is 1. The maximum absolute atomic E-state index is 13.9. The second kappa shape index (κ2) is 9.92. The topological polar surface area (TPSA) is 38.3 Å². The Hall–Kier alpha value is -4.63. The van der Waals surface area contributed by atoms with E-state index in [9.17, 15) is 4.79 Å². The van der Waals surface area contributed by atoms with Crippen LogP contribution < -0.4 is 10.1 Å². The molecule has 3 heteroatoms. The highest BCUT2D eigenvalue weighted by molar-refractivity contribution is 6.13. The van der Waals surface area contributed by atoms with Crippen molar-refractivity contribution < 1.29 is 9.53 Å². The van der Waals surface area contributed by atoms with Crippen LogP contribution in [0.1, 0.15) is 47.1 Å². The fourth-order valence-corrected chi connectivity index (χ4v) is 6.16. The van der Waals surface area contributed by atoms with E-state index in [1.165, 1.54) is 27.5 Å². The molecule has 0 amide bonds. The lowest BCUT2D eigenvalue weighted by molar-refractivity contribution is -0.116. The molecule has 0 radical (unpaired) electrons. The third-order valence-electron chi connectivity index (χ3n) is 8.06. The molecule has 0 bridgehead atoms. The van der Waals surface area contributed by atoms with Crippen molar-refractivity contribution in [3.8, 4) is 5.75 Å². The maximum atomic E-state index is 13.9. The number of Topliss-reactive ketones (excluding diaryl/α,β-unsaturated/α-hetero) is 1. The molecule has 3 nitrogen and oxygen atoms in total. The van der Waals surface area contributed by atoms with E-state index < -0.39 is 0 Å². The minimum absolute atomic E-state index is 0.178. The van der Waals surface area contributed by atoms with Crippen molar-refractivity contribution >= 4 is 27.8 Å². The average Bonchev–Trinajstić information content (AvgIpc) is 3.00. The molecule has 0 saturated carbocycles. The number of benzene rings is 5. The summed E-state index contributed by atoms with van der Waals surface area (Å²) in [6.45, 7) is 0.525. The van der Waals surface area contributed by atoms with E-state index in [-0.39, 0.29) is 17.7 Å². The summed E-state index contributed by atoms with van der Waals surface area (Å²) in [5, 5.41) is 6.13. The second-order valence-corrected chi connectivity index (χ2v) is 10.5. The smallest absolute Gasteiger partial charge is 0.162 e. The first-order valence-electron chi connectivity index (χ1n) is 13.6. The SMILES string of the molecule is O=C1CC(c2ccccc2)CC2=C1C(c1ccc(OCc3ccccc3)cc1)Nc1ccc3ccccc3c12. The minimum atomic E-state index is -0.193. The molecule has 1 aliphatic heterocycles. The van der Waals surface area contributed by atoms with Crippen LogP contribution in [0.5, 0.6) is 5.75 Å². The van der Waals surface area contributed by atoms with Gasteiger partial charge in [-0.1, -0.05) is 103 Å². The van der Waals surface area contributed by atoms with Crippen LogP contribution in [-0.4, -0.2) is 5.78 Å². The molecule has 1 aliphatic carbocycles. The van der Waals surface area contributed by atoms with Crippen LogP contribution in [0.3, 0.4) is 0 Å². The lowest BCUT2D eigenvalue weighted by atomic mass is 9.71. The van der Waals surface area contributed by atoms with Gasteiger partial charge in [-0.3, -0.25) is 4.79 Å². The molecule has 0 fully saturated rings. The molecule has 5 aromatic rings. The van der Waals surface area contributed by atoms with E-state index in [1.807, 2.05) is 36.4 Å². The van der Waals surface area contributed by atoms with Gasteiger partial charge in [0, 0.05) is 23.2 Å². The van der Waals surface area contributed by atoms with E-state index in [0.717, 1.165) is 34.6 Å². The van der Waals surface area contributed by atoms with Crippen molar-refractivity contribution in [3.05, 3.63) is 149 Å². The molecule has 2 unspecified atom stereocenters. The van der Waals surface area contributed by atoms with Gasteiger partial charge in [0.25, 0.3) is 0 Å². The van der Waals surface area contributed by atoms with Crippen molar-refractivity contribution in [2.75, 3.05) is 5.32 Å². The predicted molar refractivity (Wildman–Crippen MR) is 158 cm³/mol. The Morgan fingerprint density at radius 3 is 2.21 bits per heavy atom. The van der Waals surface area contributed by atoms with Crippen LogP contribution in [0.2, 0.25) is 0 Å². The van der Waals surface area contributed by atoms with E-state index >= 15 is 0 Å². The maximum Gasteiger partial charge on any atom is 0.162 e. The third-order valence-corrected chi connectivity index (χ3v) is 8.06. The number of fused-ring (bicyclic) bond motifs is 4. The van der Waals surface area contributed by atoms with Crippen LogP contribution in [0.15, 0.2) is 127 Å². The van der Waals surface area contributed by atoms with Crippen LogP contribution in [0.4, 0.5) is 5.69 Å². The summed E-state index contributed by atoms with van der Waals surface area (Å²) in [4.78, 5) is 13.9. The molecule has 1 N–H and O–H groups in total. The first-order chi connectivity index (χ1) is 19.2. The molecule has 0 saturated heterocycles. The number of hydrogen-bond acceptors (Lipinski definition) is 3. The number of carbonyl (C=O) groups excluding carboxylic acids is 1. The van der Waals surface area contributed by atoms with Crippen LogP contribution >= 0.6 is 0 Å². The molecule has 1 heterocycles. The lowest BCUT2D eigenvalue weighted by Gasteiger charge is -2.37. The Kier molecular flexibility index (Phi) is 5.97. The van der Waals surface area contributed by atoms with Gasteiger partial charge in [-0.15, -0.1) is 0 Å². The zero-order chi connectivity index (χ0) is 26.2. The number of ether oxygens (including phenoxy) is 1. The summed E-state index contributed by atoms with van der Waals surface area (Å²) in [5.41, 5.74) is 7.78. The fourth-order valence-electron chi connectivity index (χ4n) is 6.16. The summed E-state index contributed by atoms with van der Waals surface area (Å²) in [6.07, 6.45) is 1.38. The predicted octanol–water partition coefficient (Wildman–Crippen LogP) is 8.49. The molecule has 2 aliphatic rings. The van der Waals surface area contributed by atoms with Crippen LogP contribution in [0.25, 0.3) is 16.3 Å². The van der Waals surface area contributed by atoms with Gasteiger partial charge < -0.3 is 10.1 Å². The first-order valence-corrected chi connectivity index (χ1v) is 13.6. The average molecular weight is 508 g/mol. The van der Waals surface area contributed by atoms with E-state index in [1.54, 1.807) is 0 Å². The Balaban J connectivity index is 1.28. The molecule has 0 aromatic heterocycles.